The molecule has 2 aromatic rings. The fourth-order valence-electron chi connectivity index (χ4n) is 2.80. The van der Waals surface area contributed by atoms with Crippen molar-refractivity contribution in [3.63, 3.8) is 0 Å². The number of Topliss-reactive ketones (excluding diaryl/α,β-unsaturated/α-hetero) is 1. The molecule has 0 aromatic heterocycles. The van der Waals surface area contributed by atoms with Crippen molar-refractivity contribution in [2.24, 2.45) is 0 Å². The normalized spacial score (nSPS) is 14.0. The van der Waals surface area contributed by atoms with Crippen molar-refractivity contribution in [1.29, 1.82) is 0 Å². The van der Waals surface area contributed by atoms with Crippen molar-refractivity contribution < 1.29 is 9.59 Å². The van der Waals surface area contributed by atoms with E-state index in [-0.39, 0.29) is 0 Å². The molecule has 3 rings (SSSR count). The topological polar surface area (TPSA) is 46.2 Å². The van der Waals surface area contributed by atoms with Crippen LogP contribution in [0.25, 0.3) is 16.5 Å². The Morgan fingerprint density at radius 1 is 0.955 bits per heavy atom. The lowest BCUT2D eigenvalue weighted by atomic mass is 9.90. The number of carbonyl (C=O) groups is 2. The molecule has 0 heterocycles. The number of allylic oxidation sites excluding steroid dienone is 1. The van der Waals surface area contributed by atoms with Crippen LogP contribution in [-0.4, -0.2) is 18.1 Å². The number of hydrogen-bond donors (Lipinski definition) is 1. The van der Waals surface area contributed by atoms with Gasteiger partial charge in [0.05, 0.1) is 0 Å². The lowest BCUT2D eigenvalue weighted by Gasteiger charge is -2.19. The van der Waals surface area contributed by atoms with Crippen molar-refractivity contribution in [3.05, 3.63) is 53.6 Å². The van der Waals surface area contributed by atoms with Crippen LogP contribution in [0.1, 0.15) is 42.1 Å². The Hall–Kier alpha value is -2.42. The lowest BCUT2D eigenvalue weighted by Crippen LogP contribution is -2.25. The van der Waals surface area contributed by atoms with Crippen molar-refractivity contribution in [1.82, 2.24) is 5.32 Å². The number of rotatable bonds is 5. The number of hydrogen-bond acceptors (Lipinski definition) is 3. The van der Waals surface area contributed by atoms with Gasteiger partial charge >= 0.3 is 0 Å². The summed E-state index contributed by atoms with van der Waals surface area (Å²) in [6, 6.07) is 11.7. The number of unbranched alkanes of at least 4 members (excludes halogenated alkanes) is 2. The maximum Gasteiger partial charge on any atom is 0.233 e. The van der Waals surface area contributed by atoms with Crippen LogP contribution < -0.4 is 5.32 Å². The maximum absolute atomic E-state index is 12.2. The summed E-state index contributed by atoms with van der Waals surface area (Å²) in [7, 11) is 0. The molecule has 0 fully saturated rings. The van der Waals surface area contributed by atoms with Gasteiger partial charge in [0.15, 0.2) is 0 Å². The van der Waals surface area contributed by atoms with Crippen LogP contribution in [0.4, 0.5) is 0 Å². The summed E-state index contributed by atoms with van der Waals surface area (Å²) in [5.41, 5.74) is 2.10. The molecule has 0 spiro atoms. The first-order valence-electron chi connectivity index (χ1n) is 7.78. The Labute approximate surface area is 130 Å². The Bertz CT molecular complexity index is 774. The van der Waals surface area contributed by atoms with Crippen LogP contribution in [0, 0.1) is 0 Å². The molecule has 0 atom stereocenters. The molecule has 0 unspecified atom stereocenters. The third kappa shape index (κ3) is 2.67. The van der Waals surface area contributed by atoms with E-state index in [1.807, 2.05) is 36.4 Å². The summed E-state index contributed by atoms with van der Waals surface area (Å²) in [6.07, 6.45) is 4.79. The molecule has 112 valence electrons. The van der Waals surface area contributed by atoms with E-state index >= 15 is 0 Å². The molecule has 0 bridgehead atoms. The van der Waals surface area contributed by atoms with E-state index in [1.54, 1.807) is 0 Å². The minimum absolute atomic E-state index is 0.417. The average Bonchev–Trinajstić information content (AvgIpc) is 2.54. The fraction of sp³-hybridized carbons (Fsp3) is 0.263. The molecule has 0 saturated heterocycles. The molecule has 1 aliphatic carbocycles. The van der Waals surface area contributed by atoms with Crippen LogP contribution in [0.5, 0.6) is 0 Å². The minimum Gasteiger partial charge on any atom is -0.384 e. The first kappa shape index (κ1) is 14.5. The van der Waals surface area contributed by atoms with E-state index in [0.717, 1.165) is 47.8 Å². The number of nitrogens with one attached hydrogen (secondary N) is 1. The van der Waals surface area contributed by atoms with E-state index in [9.17, 15) is 9.59 Å². The highest BCUT2D eigenvalue weighted by Gasteiger charge is 2.26. The highest BCUT2D eigenvalue weighted by molar-refractivity contribution is 6.50. The van der Waals surface area contributed by atoms with E-state index in [1.165, 1.54) is 6.08 Å². The summed E-state index contributed by atoms with van der Waals surface area (Å²) < 4.78 is 0. The van der Waals surface area contributed by atoms with Gasteiger partial charge < -0.3 is 5.32 Å². The number of ketones is 2. The van der Waals surface area contributed by atoms with Gasteiger partial charge in [-0.25, -0.2) is 0 Å². The predicted molar refractivity (Wildman–Crippen MR) is 88.8 cm³/mol. The molecular weight excluding hydrogens is 274 g/mol. The SMILES string of the molecule is CCCCCNC1=CC(=O)C(=O)c2cc3ccccc3cc21. The van der Waals surface area contributed by atoms with Gasteiger partial charge in [-0.2, -0.15) is 0 Å². The first-order valence-corrected chi connectivity index (χ1v) is 7.78. The summed E-state index contributed by atoms with van der Waals surface area (Å²) in [4.78, 5) is 24.1. The highest BCUT2D eigenvalue weighted by atomic mass is 16.2. The first-order chi connectivity index (χ1) is 10.7. The smallest absolute Gasteiger partial charge is 0.233 e. The zero-order valence-electron chi connectivity index (χ0n) is 12.7. The van der Waals surface area contributed by atoms with Gasteiger partial charge in [-0.15, -0.1) is 0 Å². The Kier molecular flexibility index (Phi) is 4.05. The zero-order valence-corrected chi connectivity index (χ0v) is 12.7. The van der Waals surface area contributed by atoms with Gasteiger partial charge in [0.25, 0.3) is 0 Å². The van der Waals surface area contributed by atoms with Gasteiger partial charge in [0.1, 0.15) is 0 Å². The van der Waals surface area contributed by atoms with Crippen LogP contribution in [0.3, 0.4) is 0 Å². The Morgan fingerprint density at radius 3 is 2.32 bits per heavy atom. The summed E-state index contributed by atoms with van der Waals surface area (Å²) >= 11 is 0. The van der Waals surface area contributed by atoms with E-state index in [0.29, 0.717) is 5.56 Å². The second kappa shape index (κ2) is 6.14. The van der Waals surface area contributed by atoms with E-state index < -0.39 is 11.6 Å². The van der Waals surface area contributed by atoms with Gasteiger partial charge in [-0.05, 0) is 29.3 Å². The molecule has 0 saturated carbocycles. The standard InChI is InChI=1S/C19H19NO2/c1-2-3-6-9-20-17-12-18(21)19(22)16-11-14-8-5-4-7-13(14)10-15(16)17/h4-5,7-8,10-12,20H,2-3,6,9H2,1H3. The van der Waals surface area contributed by atoms with Gasteiger partial charge in [-0.3, -0.25) is 9.59 Å². The molecular formula is C19H19NO2. The molecule has 0 aliphatic heterocycles. The molecule has 3 nitrogen and oxygen atoms in total. The average molecular weight is 293 g/mol. The van der Waals surface area contributed by atoms with Crippen LogP contribution in [0.2, 0.25) is 0 Å². The molecule has 1 N–H and O–H groups in total. The molecule has 0 radical (unpaired) electrons. The maximum atomic E-state index is 12.2. The molecule has 3 heteroatoms. The largest absolute Gasteiger partial charge is 0.384 e. The monoisotopic (exact) mass is 293 g/mol. The number of benzene rings is 2. The molecule has 1 aliphatic rings. The molecule has 2 aromatic carbocycles. The quantitative estimate of drug-likeness (QED) is 0.675. The molecule has 0 amide bonds. The summed E-state index contributed by atoms with van der Waals surface area (Å²) in [5, 5.41) is 5.37. The van der Waals surface area contributed by atoms with E-state index in [4.69, 9.17) is 0 Å². The summed E-state index contributed by atoms with van der Waals surface area (Å²) in [6.45, 7) is 2.97. The van der Waals surface area contributed by atoms with Crippen molar-refractivity contribution >= 4 is 28.0 Å². The van der Waals surface area contributed by atoms with E-state index in [2.05, 4.69) is 12.2 Å². The van der Waals surface area contributed by atoms with Gasteiger partial charge in [0.2, 0.25) is 11.6 Å². The minimum atomic E-state index is -0.444. The fourth-order valence-corrected chi connectivity index (χ4v) is 2.80. The zero-order chi connectivity index (χ0) is 15.5. The van der Waals surface area contributed by atoms with Gasteiger partial charge in [-0.1, -0.05) is 44.0 Å². The van der Waals surface area contributed by atoms with Crippen LogP contribution >= 0.6 is 0 Å². The predicted octanol–water partition coefficient (Wildman–Crippen LogP) is 3.73. The number of carbonyl (C=O) groups excluding carboxylic acids is 2. The summed E-state index contributed by atoms with van der Waals surface area (Å²) in [5.74, 6) is -0.861. The molecule has 22 heavy (non-hydrogen) atoms. The third-order valence-corrected chi connectivity index (χ3v) is 4.02. The highest BCUT2D eigenvalue weighted by Crippen LogP contribution is 2.28. The van der Waals surface area contributed by atoms with Crippen molar-refractivity contribution in [2.75, 3.05) is 6.54 Å². The Balaban J connectivity index is 1.99. The lowest BCUT2D eigenvalue weighted by molar-refractivity contribution is -0.111. The van der Waals surface area contributed by atoms with Crippen molar-refractivity contribution in [2.45, 2.75) is 26.2 Å². The van der Waals surface area contributed by atoms with Crippen LogP contribution in [-0.2, 0) is 4.79 Å². The van der Waals surface area contributed by atoms with Gasteiger partial charge in [0, 0.05) is 29.4 Å². The number of fused-ring (bicyclic) bond motifs is 2. The second-order valence-electron chi connectivity index (χ2n) is 5.63. The van der Waals surface area contributed by atoms with Crippen molar-refractivity contribution in [3.8, 4) is 0 Å². The Morgan fingerprint density at radius 2 is 1.64 bits per heavy atom. The second-order valence-corrected chi connectivity index (χ2v) is 5.63. The van der Waals surface area contributed by atoms with Crippen LogP contribution in [0.15, 0.2) is 42.5 Å². The third-order valence-electron chi connectivity index (χ3n) is 4.02.